The molecule has 0 spiro atoms. The highest BCUT2D eigenvalue weighted by atomic mass is 35.5. The standard InChI is InChI=1S/C12H17ClN4O2/c1-3-4-19-11-9(13)5-8(6-10(11)18-2)7-16-17-12(14)15/h5-7H,3-4H2,1-2H3,(H4,14,15,17)/b16-7-. The van der Waals surface area contributed by atoms with Crippen molar-refractivity contribution in [2.24, 2.45) is 21.7 Å². The zero-order valence-electron chi connectivity index (χ0n) is 10.9. The van der Waals surface area contributed by atoms with E-state index in [1.807, 2.05) is 6.92 Å². The third-order valence-electron chi connectivity index (χ3n) is 2.08. The van der Waals surface area contributed by atoms with E-state index >= 15 is 0 Å². The van der Waals surface area contributed by atoms with Gasteiger partial charge in [0, 0.05) is 5.56 Å². The lowest BCUT2D eigenvalue weighted by Crippen LogP contribution is -2.21. The van der Waals surface area contributed by atoms with Crippen molar-refractivity contribution < 1.29 is 9.47 Å². The molecule has 0 aromatic heterocycles. The highest BCUT2D eigenvalue weighted by molar-refractivity contribution is 6.32. The van der Waals surface area contributed by atoms with E-state index in [4.69, 9.17) is 32.5 Å². The summed E-state index contributed by atoms with van der Waals surface area (Å²) >= 11 is 6.14. The van der Waals surface area contributed by atoms with E-state index in [9.17, 15) is 0 Å². The Labute approximate surface area is 117 Å². The highest BCUT2D eigenvalue weighted by Crippen LogP contribution is 2.36. The zero-order chi connectivity index (χ0) is 14.3. The van der Waals surface area contributed by atoms with Crippen LogP contribution < -0.4 is 20.9 Å². The summed E-state index contributed by atoms with van der Waals surface area (Å²) in [6.07, 6.45) is 2.35. The number of rotatable bonds is 6. The molecule has 0 unspecified atom stereocenters. The molecule has 0 saturated carbocycles. The summed E-state index contributed by atoms with van der Waals surface area (Å²) in [5, 5.41) is 7.65. The average Bonchev–Trinajstić information content (AvgIpc) is 2.36. The lowest BCUT2D eigenvalue weighted by atomic mass is 10.2. The Hall–Kier alpha value is -1.95. The molecule has 1 aromatic rings. The largest absolute Gasteiger partial charge is 0.493 e. The maximum atomic E-state index is 6.14. The summed E-state index contributed by atoms with van der Waals surface area (Å²) in [7, 11) is 1.54. The second-order valence-electron chi connectivity index (χ2n) is 3.65. The Bertz CT molecular complexity index is 485. The second kappa shape index (κ2) is 7.48. The first-order valence-corrected chi connectivity index (χ1v) is 6.08. The Balaban J connectivity index is 3.01. The highest BCUT2D eigenvalue weighted by Gasteiger charge is 2.11. The van der Waals surface area contributed by atoms with Gasteiger partial charge in [-0.15, -0.1) is 5.10 Å². The third kappa shape index (κ3) is 4.67. The van der Waals surface area contributed by atoms with Gasteiger partial charge in [-0.2, -0.15) is 5.10 Å². The molecule has 0 aliphatic carbocycles. The van der Waals surface area contributed by atoms with Crippen molar-refractivity contribution >= 4 is 23.8 Å². The van der Waals surface area contributed by atoms with Crippen LogP contribution in [0.2, 0.25) is 5.02 Å². The lowest BCUT2D eigenvalue weighted by Gasteiger charge is -2.12. The van der Waals surface area contributed by atoms with Gasteiger partial charge in [-0.3, -0.25) is 0 Å². The zero-order valence-corrected chi connectivity index (χ0v) is 11.6. The quantitative estimate of drug-likeness (QED) is 0.472. The summed E-state index contributed by atoms with van der Waals surface area (Å²) in [4.78, 5) is 0. The Morgan fingerprint density at radius 1 is 1.42 bits per heavy atom. The molecule has 7 heteroatoms. The van der Waals surface area contributed by atoms with Crippen LogP contribution in [0, 0.1) is 0 Å². The van der Waals surface area contributed by atoms with Crippen LogP contribution in [0.3, 0.4) is 0 Å². The normalized spacial score (nSPS) is 10.5. The number of nitrogens with two attached hydrogens (primary N) is 2. The maximum absolute atomic E-state index is 6.14. The molecule has 0 heterocycles. The fraction of sp³-hybridized carbons (Fsp3) is 0.333. The number of hydrogen-bond donors (Lipinski definition) is 2. The van der Waals surface area contributed by atoms with Crippen LogP contribution >= 0.6 is 11.6 Å². The molecular weight excluding hydrogens is 268 g/mol. The van der Waals surface area contributed by atoms with Crippen LogP contribution in [0.25, 0.3) is 0 Å². The van der Waals surface area contributed by atoms with E-state index in [1.54, 1.807) is 19.2 Å². The monoisotopic (exact) mass is 284 g/mol. The van der Waals surface area contributed by atoms with E-state index in [1.165, 1.54) is 6.21 Å². The number of halogens is 1. The SMILES string of the molecule is CCCOc1c(Cl)cc(/C=N\N=C(N)N)cc1OC. The Kier molecular flexibility index (Phi) is 5.95. The van der Waals surface area contributed by atoms with Gasteiger partial charge in [-0.25, -0.2) is 0 Å². The van der Waals surface area contributed by atoms with Gasteiger partial charge >= 0.3 is 0 Å². The molecule has 0 amide bonds. The van der Waals surface area contributed by atoms with Crippen molar-refractivity contribution in [1.82, 2.24) is 0 Å². The lowest BCUT2D eigenvalue weighted by molar-refractivity contribution is 0.294. The van der Waals surface area contributed by atoms with Crippen LogP contribution in [0.1, 0.15) is 18.9 Å². The molecule has 6 nitrogen and oxygen atoms in total. The van der Waals surface area contributed by atoms with Crippen LogP contribution in [-0.4, -0.2) is 25.9 Å². The second-order valence-corrected chi connectivity index (χ2v) is 4.06. The van der Waals surface area contributed by atoms with E-state index in [0.29, 0.717) is 28.7 Å². The summed E-state index contributed by atoms with van der Waals surface area (Å²) in [6.45, 7) is 2.58. The summed E-state index contributed by atoms with van der Waals surface area (Å²) in [5.74, 6) is 0.939. The molecule has 1 rings (SSSR count). The molecule has 0 radical (unpaired) electrons. The number of benzene rings is 1. The van der Waals surface area contributed by atoms with Crippen molar-refractivity contribution in [1.29, 1.82) is 0 Å². The van der Waals surface area contributed by atoms with Gasteiger partial charge in [0.2, 0.25) is 5.96 Å². The molecule has 0 aliphatic heterocycles. The maximum Gasteiger partial charge on any atom is 0.211 e. The average molecular weight is 285 g/mol. The Morgan fingerprint density at radius 2 is 2.16 bits per heavy atom. The predicted octanol–water partition coefficient (Wildman–Crippen LogP) is 1.74. The summed E-state index contributed by atoms with van der Waals surface area (Å²) in [6, 6.07) is 3.43. The van der Waals surface area contributed by atoms with Gasteiger partial charge in [-0.1, -0.05) is 18.5 Å². The van der Waals surface area contributed by atoms with Gasteiger partial charge in [0.25, 0.3) is 0 Å². The van der Waals surface area contributed by atoms with Gasteiger partial charge in [0.15, 0.2) is 11.5 Å². The van der Waals surface area contributed by atoms with Gasteiger partial charge < -0.3 is 20.9 Å². The topological polar surface area (TPSA) is 95.2 Å². The van der Waals surface area contributed by atoms with Crippen LogP contribution in [-0.2, 0) is 0 Å². The first kappa shape index (κ1) is 15.1. The van der Waals surface area contributed by atoms with E-state index in [2.05, 4.69) is 10.2 Å². The third-order valence-corrected chi connectivity index (χ3v) is 2.36. The minimum Gasteiger partial charge on any atom is -0.493 e. The first-order valence-electron chi connectivity index (χ1n) is 5.70. The molecule has 0 saturated heterocycles. The molecule has 4 N–H and O–H groups in total. The number of nitrogens with zero attached hydrogens (tertiary/aromatic N) is 2. The number of guanidine groups is 1. The van der Waals surface area contributed by atoms with Gasteiger partial charge in [0.05, 0.1) is 25.0 Å². The molecule has 0 atom stereocenters. The Morgan fingerprint density at radius 3 is 2.74 bits per heavy atom. The minimum atomic E-state index is -0.114. The summed E-state index contributed by atoms with van der Waals surface area (Å²) < 4.78 is 10.8. The number of hydrogen-bond acceptors (Lipinski definition) is 4. The molecule has 19 heavy (non-hydrogen) atoms. The summed E-state index contributed by atoms with van der Waals surface area (Å²) in [5.41, 5.74) is 11.0. The van der Waals surface area contributed by atoms with Crippen molar-refractivity contribution in [3.05, 3.63) is 22.7 Å². The molecule has 0 bridgehead atoms. The van der Waals surface area contributed by atoms with E-state index in [-0.39, 0.29) is 5.96 Å². The fourth-order valence-corrected chi connectivity index (χ4v) is 1.59. The van der Waals surface area contributed by atoms with Crippen LogP contribution in [0.5, 0.6) is 11.5 Å². The van der Waals surface area contributed by atoms with Crippen molar-refractivity contribution in [3.63, 3.8) is 0 Å². The molecule has 1 aromatic carbocycles. The van der Waals surface area contributed by atoms with Crippen LogP contribution in [0.4, 0.5) is 0 Å². The number of ether oxygens (including phenoxy) is 2. The van der Waals surface area contributed by atoms with Crippen molar-refractivity contribution in [2.45, 2.75) is 13.3 Å². The first-order chi connectivity index (χ1) is 9.08. The van der Waals surface area contributed by atoms with E-state index in [0.717, 1.165) is 6.42 Å². The van der Waals surface area contributed by atoms with Gasteiger partial charge in [0.1, 0.15) is 0 Å². The number of methoxy groups -OCH3 is 1. The minimum absolute atomic E-state index is 0.114. The van der Waals surface area contributed by atoms with Crippen molar-refractivity contribution in [3.8, 4) is 11.5 Å². The predicted molar refractivity (Wildman–Crippen MR) is 77.2 cm³/mol. The van der Waals surface area contributed by atoms with E-state index < -0.39 is 0 Å². The molecule has 0 aliphatic rings. The van der Waals surface area contributed by atoms with Crippen LogP contribution in [0.15, 0.2) is 22.3 Å². The van der Waals surface area contributed by atoms with Crippen molar-refractivity contribution in [2.75, 3.05) is 13.7 Å². The van der Waals surface area contributed by atoms with Gasteiger partial charge in [-0.05, 0) is 18.6 Å². The fourth-order valence-electron chi connectivity index (χ4n) is 1.32. The molecule has 0 fully saturated rings. The smallest absolute Gasteiger partial charge is 0.211 e. The molecule has 104 valence electrons. The molecular formula is C12H17ClN4O2.